The number of carbonyl (C=O) groups is 1. The van der Waals surface area contributed by atoms with Crippen molar-refractivity contribution in [1.29, 1.82) is 0 Å². The van der Waals surface area contributed by atoms with E-state index in [-0.39, 0.29) is 11.9 Å². The van der Waals surface area contributed by atoms with Crippen LogP contribution >= 0.6 is 0 Å². The van der Waals surface area contributed by atoms with Gasteiger partial charge in [0.2, 0.25) is 5.91 Å². The third-order valence-electron chi connectivity index (χ3n) is 4.35. The van der Waals surface area contributed by atoms with Gasteiger partial charge in [0.05, 0.1) is 11.7 Å². The van der Waals surface area contributed by atoms with Crippen LogP contribution < -0.4 is 5.32 Å². The summed E-state index contributed by atoms with van der Waals surface area (Å²) in [6.45, 7) is 11.4. The van der Waals surface area contributed by atoms with Crippen LogP contribution in [0.1, 0.15) is 55.7 Å². The Labute approximate surface area is 145 Å². The fourth-order valence-corrected chi connectivity index (χ4v) is 3.00. The van der Waals surface area contributed by atoms with Crippen LogP contribution in [0.5, 0.6) is 0 Å². The summed E-state index contributed by atoms with van der Waals surface area (Å²) >= 11 is 0. The van der Waals surface area contributed by atoms with Gasteiger partial charge in [-0.3, -0.25) is 9.48 Å². The molecule has 2 rings (SSSR count). The smallest absolute Gasteiger partial charge is 0.220 e. The number of benzene rings is 1. The van der Waals surface area contributed by atoms with Crippen LogP contribution in [0.15, 0.2) is 30.3 Å². The van der Waals surface area contributed by atoms with Gasteiger partial charge in [0, 0.05) is 18.7 Å². The van der Waals surface area contributed by atoms with E-state index in [1.54, 1.807) is 0 Å². The molecule has 1 aromatic carbocycles. The number of nitrogens with one attached hydrogen (secondary N) is 1. The predicted molar refractivity (Wildman–Crippen MR) is 97.9 cm³/mol. The van der Waals surface area contributed by atoms with E-state index in [9.17, 15) is 4.79 Å². The molecule has 1 amide bonds. The predicted octanol–water partition coefficient (Wildman–Crippen LogP) is 3.97. The van der Waals surface area contributed by atoms with E-state index >= 15 is 0 Å². The molecule has 0 radical (unpaired) electrons. The number of aryl methyl sites for hydroxylation is 1. The molecule has 0 fully saturated rings. The number of carbonyl (C=O) groups excluding carboxylic acids is 1. The van der Waals surface area contributed by atoms with Crippen molar-refractivity contribution < 1.29 is 4.79 Å². The van der Waals surface area contributed by atoms with Gasteiger partial charge in [-0.2, -0.15) is 5.10 Å². The summed E-state index contributed by atoms with van der Waals surface area (Å²) in [5, 5.41) is 7.70. The van der Waals surface area contributed by atoms with E-state index in [0.29, 0.717) is 12.3 Å². The fourth-order valence-electron chi connectivity index (χ4n) is 3.00. The highest BCUT2D eigenvalue weighted by Crippen LogP contribution is 2.17. The highest BCUT2D eigenvalue weighted by Gasteiger charge is 2.15. The monoisotopic (exact) mass is 327 g/mol. The molecule has 1 N–H and O–H groups in total. The second kappa shape index (κ2) is 8.13. The Balaban J connectivity index is 1.93. The first-order chi connectivity index (χ1) is 11.4. The first-order valence-electron chi connectivity index (χ1n) is 8.75. The van der Waals surface area contributed by atoms with Crippen molar-refractivity contribution in [2.45, 2.75) is 60.0 Å². The van der Waals surface area contributed by atoms with Crippen LogP contribution in [0.4, 0.5) is 0 Å². The zero-order chi connectivity index (χ0) is 17.7. The molecule has 0 aliphatic rings. The Bertz CT molecular complexity index is 674. The standard InChI is InChI=1S/C20H29N3O/c1-14(2)13-23-17(5)19(16(4)22-23)11-12-20(24)21-15(3)18-9-7-6-8-10-18/h6-10,14-15H,11-13H2,1-5H3,(H,21,24)/t15-/m1/s1. The molecular formula is C20H29N3O. The molecule has 0 aliphatic heterocycles. The van der Waals surface area contributed by atoms with Gasteiger partial charge in [-0.25, -0.2) is 0 Å². The molecule has 130 valence electrons. The molecule has 0 aliphatic carbocycles. The van der Waals surface area contributed by atoms with Gasteiger partial charge in [0.1, 0.15) is 0 Å². The lowest BCUT2D eigenvalue weighted by Crippen LogP contribution is -2.26. The first kappa shape index (κ1) is 18.2. The van der Waals surface area contributed by atoms with Crippen LogP contribution in [-0.2, 0) is 17.8 Å². The molecule has 1 atom stereocenters. The van der Waals surface area contributed by atoms with Gasteiger partial charge in [-0.1, -0.05) is 44.2 Å². The van der Waals surface area contributed by atoms with Crippen LogP contribution in [0.2, 0.25) is 0 Å². The van der Waals surface area contributed by atoms with Crippen LogP contribution in [0.3, 0.4) is 0 Å². The highest BCUT2D eigenvalue weighted by atomic mass is 16.1. The normalized spacial score (nSPS) is 12.4. The van der Waals surface area contributed by atoms with Crippen molar-refractivity contribution in [1.82, 2.24) is 15.1 Å². The zero-order valence-electron chi connectivity index (χ0n) is 15.5. The van der Waals surface area contributed by atoms with E-state index in [1.165, 1.54) is 11.3 Å². The average Bonchev–Trinajstić information content (AvgIpc) is 2.79. The Hall–Kier alpha value is -2.10. The molecule has 4 nitrogen and oxygen atoms in total. The average molecular weight is 327 g/mol. The van der Waals surface area contributed by atoms with Gasteiger partial charge in [-0.05, 0) is 44.2 Å². The Kier molecular flexibility index (Phi) is 6.18. The SMILES string of the molecule is Cc1nn(CC(C)C)c(C)c1CCC(=O)N[C@H](C)c1ccccc1. The molecule has 0 unspecified atom stereocenters. The minimum absolute atomic E-state index is 0.0320. The van der Waals surface area contributed by atoms with Crippen LogP contribution in [0.25, 0.3) is 0 Å². The lowest BCUT2D eigenvalue weighted by atomic mass is 10.1. The van der Waals surface area contributed by atoms with Crippen LogP contribution in [0, 0.1) is 19.8 Å². The number of hydrogen-bond acceptors (Lipinski definition) is 2. The maximum atomic E-state index is 12.3. The summed E-state index contributed by atoms with van der Waals surface area (Å²) in [5.41, 5.74) is 4.56. The van der Waals surface area contributed by atoms with E-state index < -0.39 is 0 Å². The van der Waals surface area contributed by atoms with E-state index in [1.807, 2.05) is 44.2 Å². The summed E-state index contributed by atoms with van der Waals surface area (Å²) in [4.78, 5) is 12.3. The number of rotatable bonds is 7. The lowest BCUT2D eigenvalue weighted by Gasteiger charge is -2.14. The summed E-state index contributed by atoms with van der Waals surface area (Å²) in [6.07, 6.45) is 1.23. The molecule has 0 saturated heterocycles. The van der Waals surface area contributed by atoms with E-state index in [0.717, 1.165) is 24.2 Å². The molecular weight excluding hydrogens is 298 g/mol. The van der Waals surface area contributed by atoms with E-state index in [4.69, 9.17) is 0 Å². The Morgan fingerprint density at radius 1 is 1.17 bits per heavy atom. The number of aromatic nitrogens is 2. The maximum Gasteiger partial charge on any atom is 0.220 e. The van der Waals surface area contributed by atoms with E-state index in [2.05, 4.69) is 35.9 Å². The molecule has 4 heteroatoms. The summed E-state index contributed by atoms with van der Waals surface area (Å²) in [7, 11) is 0. The second-order valence-electron chi connectivity index (χ2n) is 6.93. The van der Waals surface area contributed by atoms with Crippen molar-refractivity contribution in [2.24, 2.45) is 5.92 Å². The number of hydrogen-bond donors (Lipinski definition) is 1. The number of nitrogens with zero attached hydrogens (tertiary/aromatic N) is 2. The van der Waals surface area contributed by atoms with Crippen molar-refractivity contribution >= 4 is 5.91 Å². The summed E-state index contributed by atoms with van der Waals surface area (Å²) < 4.78 is 2.07. The third kappa shape index (κ3) is 4.70. The third-order valence-corrected chi connectivity index (χ3v) is 4.35. The molecule has 1 aromatic heterocycles. The molecule has 24 heavy (non-hydrogen) atoms. The summed E-state index contributed by atoms with van der Waals surface area (Å²) in [5.74, 6) is 0.646. The minimum Gasteiger partial charge on any atom is -0.350 e. The molecule has 1 heterocycles. The molecule has 2 aromatic rings. The van der Waals surface area contributed by atoms with Gasteiger partial charge in [-0.15, -0.1) is 0 Å². The fraction of sp³-hybridized carbons (Fsp3) is 0.500. The van der Waals surface area contributed by atoms with Gasteiger partial charge in [0.25, 0.3) is 0 Å². The second-order valence-corrected chi connectivity index (χ2v) is 6.93. The van der Waals surface area contributed by atoms with Gasteiger partial charge >= 0.3 is 0 Å². The molecule has 0 spiro atoms. The van der Waals surface area contributed by atoms with Crippen molar-refractivity contribution in [3.05, 3.63) is 52.8 Å². The minimum atomic E-state index is 0.0320. The molecule has 0 saturated carbocycles. The lowest BCUT2D eigenvalue weighted by molar-refractivity contribution is -0.121. The maximum absolute atomic E-state index is 12.3. The topological polar surface area (TPSA) is 46.9 Å². The Morgan fingerprint density at radius 2 is 1.83 bits per heavy atom. The Morgan fingerprint density at radius 3 is 2.46 bits per heavy atom. The first-order valence-corrected chi connectivity index (χ1v) is 8.75. The van der Waals surface area contributed by atoms with Crippen LogP contribution in [-0.4, -0.2) is 15.7 Å². The van der Waals surface area contributed by atoms with Crippen molar-refractivity contribution in [3.8, 4) is 0 Å². The highest BCUT2D eigenvalue weighted by molar-refractivity contribution is 5.76. The quantitative estimate of drug-likeness (QED) is 0.836. The van der Waals surface area contributed by atoms with Gasteiger partial charge < -0.3 is 5.32 Å². The molecule has 0 bridgehead atoms. The zero-order valence-corrected chi connectivity index (χ0v) is 15.5. The van der Waals surface area contributed by atoms with Crippen molar-refractivity contribution in [2.75, 3.05) is 0 Å². The van der Waals surface area contributed by atoms with Crippen molar-refractivity contribution in [3.63, 3.8) is 0 Å². The number of amides is 1. The largest absolute Gasteiger partial charge is 0.350 e. The van der Waals surface area contributed by atoms with Gasteiger partial charge in [0.15, 0.2) is 0 Å². The summed E-state index contributed by atoms with van der Waals surface area (Å²) in [6, 6.07) is 10.1.